The van der Waals surface area contributed by atoms with Crippen LogP contribution in [-0.4, -0.2) is 11.7 Å². The Bertz CT molecular complexity index is 512. The van der Waals surface area contributed by atoms with Crippen LogP contribution in [0.5, 0.6) is 0 Å². The van der Waals surface area contributed by atoms with Crippen molar-refractivity contribution in [3.05, 3.63) is 29.5 Å². The van der Waals surface area contributed by atoms with Crippen LogP contribution in [0.25, 0.3) is 10.9 Å². The van der Waals surface area contributed by atoms with Gasteiger partial charge in [0.25, 0.3) is 0 Å². The molecule has 3 rings (SSSR count). The number of aromatic nitrogens is 1. The first-order valence-electron chi connectivity index (χ1n) is 6.47. The number of nitrogens with two attached hydrogens (primary N) is 1. The fourth-order valence-electron chi connectivity index (χ4n) is 2.81. The molecule has 1 aliphatic carbocycles. The Morgan fingerprint density at radius 3 is 2.88 bits per heavy atom. The molecule has 1 fully saturated rings. The summed E-state index contributed by atoms with van der Waals surface area (Å²) in [6, 6.07) is 6.34. The van der Waals surface area contributed by atoms with E-state index in [-0.39, 0.29) is 0 Å². The second-order valence-corrected chi connectivity index (χ2v) is 4.92. The molecule has 0 atom stereocenters. The lowest BCUT2D eigenvalue weighted by Gasteiger charge is -2.04. The maximum Gasteiger partial charge on any atom is 0.147 e. The molecular formula is C14H18N2O. The number of rotatable bonds is 3. The lowest BCUT2D eigenvalue weighted by Crippen LogP contribution is -2.02. The maximum atomic E-state index is 5.60. The summed E-state index contributed by atoms with van der Waals surface area (Å²) in [4.78, 5) is 0. The minimum atomic E-state index is 0.577. The summed E-state index contributed by atoms with van der Waals surface area (Å²) in [7, 11) is 0. The van der Waals surface area contributed by atoms with Crippen molar-refractivity contribution >= 4 is 10.9 Å². The third-order valence-electron chi connectivity index (χ3n) is 3.73. The Balaban J connectivity index is 2.02. The van der Waals surface area contributed by atoms with Crippen molar-refractivity contribution in [1.82, 2.24) is 5.16 Å². The zero-order valence-corrected chi connectivity index (χ0v) is 9.98. The van der Waals surface area contributed by atoms with Crippen LogP contribution in [0, 0.1) is 0 Å². The zero-order chi connectivity index (χ0) is 11.7. The topological polar surface area (TPSA) is 52.0 Å². The number of fused-ring (bicyclic) bond motifs is 1. The van der Waals surface area contributed by atoms with Gasteiger partial charge in [-0.2, -0.15) is 0 Å². The molecule has 2 N–H and O–H groups in total. The van der Waals surface area contributed by atoms with Gasteiger partial charge in [-0.1, -0.05) is 24.1 Å². The van der Waals surface area contributed by atoms with Crippen LogP contribution in [0.4, 0.5) is 0 Å². The van der Waals surface area contributed by atoms with Gasteiger partial charge in [-0.3, -0.25) is 0 Å². The van der Waals surface area contributed by atoms with Gasteiger partial charge in [-0.05, 0) is 43.5 Å². The number of benzene rings is 1. The average Bonchev–Trinajstić information content (AvgIpc) is 2.96. The first-order valence-corrected chi connectivity index (χ1v) is 6.47. The van der Waals surface area contributed by atoms with Gasteiger partial charge in [-0.15, -0.1) is 0 Å². The number of nitrogens with zero attached hydrogens (tertiary/aromatic N) is 1. The molecular weight excluding hydrogens is 212 g/mol. The van der Waals surface area contributed by atoms with Crippen LogP contribution in [0.15, 0.2) is 22.7 Å². The lowest BCUT2D eigenvalue weighted by atomic mass is 10.00. The molecule has 0 aliphatic heterocycles. The highest BCUT2D eigenvalue weighted by atomic mass is 16.5. The molecule has 3 heteroatoms. The molecule has 0 spiro atoms. The molecule has 90 valence electrons. The minimum Gasteiger partial charge on any atom is -0.360 e. The smallest absolute Gasteiger partial charge is 0.147 e. The predicted molar refractivity (Wildman–Crippen MR) is 68.0 cm³/mol. The summed E-state index contributed by atoms with van der Waals surface area (Å²) in [5, 5.41) is 5.36. The second kappa shape index (κ2) is 4.49. The van der Waals surface area contributed by atoms with E-state index in [1.807, 2.05) is 6.07 Å². The van der Waals surface area contributed by atoms with E-state index in [1.54, 1.807) is 0 Å². The fourth-order valence-corrected chi connectivity index (χ4v) is 2.81. The zero-order valence-electron chi connectivity index (χ0n) is 9.98. The number of hydrogen-bond acceptors (Lipinski definition) is 3. The third-order valence-corrected chi connectivity index (χ3v) is 3.73. The van der Waals surface area contributed by atoms with Crippen molar-refractivity contribution in [2.75, 3.05) is 6.54 Å². The summed E-state index contributed by atoms with van der Waals surface area (Å²) < 4.78 is 5.55. The highest BCUT2D eigenvalue weighted by Crippen LogP contribution is 2.37. The van der Waals surface area contributed by atoms with E-state index in [9.17, 15) is 0 Å². The highest BCUT2D eigenvalue weighted by molar-refractivity contribution is 5.81. The quantitative estimate of drug-likeness (QED) is 0.881. The Labute approximate surface area is 101 Å². The summed E-state index contributed by atoms with van der Waals surface area (Å²) in [6.07, 6.45) is 6.03. The Kier molecular flexibility index (Phi) is 2.85. The Hall–Kier alpha value is -1.35. The van der Waals surface area contributed by atoms with E-state index < -0.39 is 0 Å². The van der Waals surface area contributed by atoms with Gasteiger partial charge in [0.1, 0.15) is 11.3 Å². The molecule has 1 saturated carbocycles. The van der Waals surface area contributed by atoms with Crippen molar-refractivity contribution in [2.24, 2.45) is 5.73 Å². The maximum absolute atomic E-state index is 5.60. The van der Waals surface area contributed by atoms with Crippen LogP contribution in [0.1, 0.15) is 42.9 Å². The first kappa shape index (κ1) is 10.8. The van der Waals surface area contributed by atoms with E-state index in [0.717, 1.165) is 17.7 Å². The van der Waals surface area contributed by atoms with Crippen LogP contribution in [0.2, 0.25) is 0 Å². The van der Waals surface area contributed by atoms with Gasteiger partial charge in [0.05, 0.1) is 0 Å². The number of hydrogen-bond donors (Lipinski definition) is 1. The molecule has 17 heavy (non-hydrogen) atoms. The highest BCUT2D eigenvalue weighted by Gasteiger charge is 2.23. The minimum absolute atomic E-state index is 0.577. The second-order valence-electron chi connectivity index (χ2n) is 4.92. The van der Waals surface area contributed by atoms with E-state index in [2.05, 4.69) is 17.3 Å². The van der Waals surface area contributed by atoms with E-state index in [4.69, 9.17) is 10.3 Å². The van der Waals surface area contributed by atoms with Crippen LogP contribution in [0.3, 0.4) is 0 Å². The SMILES string of the molecule is NCCc1ccc2noc(C3CCCC3)c2c1. The van der Waals surface area contributed by atoms with Gasteiger partial charge in [0.15, 0.2) is 0 Å². The van der Waals surface area contributed by atoms with E-state index >= 15 is 0 Å². The molecule has 3 nitrogen and oxygen atoms in total. The standard InChI is InChI=1S/C14H18N2O/c15-8-7-10-5-6-13-12(9-10)14(17-16-13)11-3-1-2-4-11/h5-6,9,11H,1-4,7-8,15H2. The molecule has 2 aromatic rings. The molecule has 0 radical (unpaired) electrons. The summed E-state index contributed by atoms with van der Waals surface area (Å²) >= 11 is 0. The summed E-state index contributed by atoms with van der Waals surface area (Å²) in [6.45, 7) is 0.690. The largest absolute Gasteiger partial charge is 0.360 e. The molecule has 0 amide bonds. The van der Waals surface area contributed by atoms with Crippen molar-refractivity contribution in [3.63, 3.8) is 0 Å². The molecule has 0 saturated heterocycles. The Morgan fingerprint density at radius 2 is 2.12 bits per heavy atom. The third kappa shape index (κ3) is 1.95. The molecule has 1 heterocycles. The molecule has 0 unspecified atom stereocenters. The van der Waals surface area contributed by atoms with Crippen LogP contribution >= 0.6 is 0 Å². The molecule has 0 bridgehead atoms. The Morgan fingerprint density at radius 1 is 1.29 bits per heavy atom. The van der Waals surface area contributed by atoms with Crippen LogP contribution in [-0.2, 0) is 6.42 Å². The van der Waals surface area contributed by atoms with Gasteiger partial charge in [0, 0.05) is 11.3 Å². The lowest BCUT2D eigenvalue weighted by molar-refractivity contribution is 0.368. The van der Waals surface area contributed by atoms with Crippen molar-refractivity contribution < 1.29 is 4.52 Å². The van der Waals surface area contributed by atoms with Crippen LogP contribution < -0.4 is 5.73 Å². The molecule has 1 aliphatic rings. The van der Waals surface area contributed by atoms with E-state index in [0.29, 0.717) is 12.5 Å². The van der Waals surface area contributed by atoms with Gasteiger partial charge < -0.3 is 10.3 Å². The molecule has 1 aromatic heterocycles. The predicted octanol–water partition coefficient (Wildman–Crippen LogP) is 2.99. The normalized spacial score (nSPS) is 17.0. The average molecular weight is 230 g/mol. The van der Waals surface area contributed by atoms with Crippen molar-refractivity contribution in [1.29, 1.82) is 0 Å². The summed E-state index contributed by atoms with van der Waals surface area (Å²) in [5.74, 6) is 1.67. The van der Waals surface area contributed by atoms with Crippen molar-refractivity contribution in [2.45, 2.75) is 38.0 Å². The van der Waals surface area contributed by atoms with Gasteiger partial charge in [-0.25, -0.2) is 0 Å². The van der Waals surface area contributed by atoms with Gasteiger partial charge >= 0.3 is 0 Å². The van der Waals surface area contributed by atoms with E-state index in [1.165, 1.54) is 36.6 Å². The summed E-state index contributed by atoms with van der Waals surface area (Å²) in [5.41, 5.74) is 7.86. The molecule has 1 aromatic carbocycles. The fraction of sp³-hybridized carbons (Fsp3) is 0.500. The monoisotopic (exact) mass is 230 g/mol. The van der Waals surface area contributed by atoms with Gasteiger partial charge in [0.2, 0.25) is 0 Å². The van der Waals surface area contributed by atoms with Crippen molar-refractivity contribution in [3.8, 4) is 0 Å². The first-order chi connectivity index (χ1) is 8.38.